The molecule has 0 spiro atoms. The Morgan fingerprint density at radius 3 is 2.53 bits per heavy atom. The van der Waals surface area contributed by atoms with Gasteiger partial charge in [0.15, 0.2) is 10.2 Å². The summed E-state index contributed by atoms with van der Waals surface area (Å²) >= 11 is 0. The van der Waals surface area contributed by atoms with Crippen LogP contribution in [-0.2, 0) is 0 Å². The van der Waals surface area contributed by atoms with Crippen molar-refractivity contribution in [1.29, 1.82) is 0 Å². The third-order valence-electron chi connectivity index (χ3n) is 3.44. The van der Waals surface area contributed by atoms with Gasteiger partial charge in [-0.25, -0.2) is 0 Å². The Labute approximate surface area is 101 Å². The summed E-state index contributed by atoms with van der Waals surface area (Å²) in [5.74, 6) is 0. The first-order chi connectivity index (χ1) is 8.18. The first-order valence-corrected chi connectivity index (χ1v) is 6.95. The van der Waals surface area contributed by atoms with E-state index in [-0.39, 0.29) is 0 Å². The summed E-state index contributed by atoms with van der Waals surface area (Å²) < 4.78 is 0. The third-order valence-corrected chi connectivity index (χ3v) is 5.11. The molecule has 0 N–H and O–H groups in total. The first kappa shape index (κ1) is 10.7. The van der Waals surface area contributed by atoms with E-state index in [0.29, 0.717) is 0 Å². The molecule has 1 heterocycles. The summed E-state index contributed by atoms with van der Waals surface area (Å²) in [5, 5.41) is 4.17. The molecule has 1 atom stereocenters. The largest absolute Gasteiger partial charge is 0.625 e. The van der Waals surface area contributed by atoms with E-state index >= 15 is 0 Å². The molecule has 17 heavy (non-hydrogen) atoms. The number of aryl methyl sites for hydroxylation is 2. The van der Waals surface area contributed by atoms with E-state index in [2.05, 4.69) is 26.0 Å². The lowest BCUT2D eigenvalue weighted by molar-refractivity contribution is -0.148. The van der Waals surface area contributed by atoms with Gasteiger partial charge in [-0.2, -0.15) is 0 Å². The van der Waals surface area contributed by atoms with Gasteiger partial charge in [0, 0.05) is 10.8 Å². The fourth-order valence-electron chi connectivity index (χ4n) is 2.26. The zero-order valence-corrected chi connectivity index (χ0v) is 10.8. The highest BCUT2D eigenvalue weighted by Crippen LogP contribution is 2.40. The lowest BCUT2D eigenvalue weighted by atomic mass is 10.1. The standard InChI is InChI=1S/C15H13OP/c1-10-7-8-15-13(11(10)2)9-12-5-3-4-6-14(12)17(15)16/h3-9H,1-2H3. The molecule has 3 aromatic rings. The summed E-state index contributed by atoms with van der Waals surface area (Å²) in [4.78, 5) is 12.5. The molecule has 0 aliphatic rings. The lowest BCUT2D eigenvalue weighted by Gasteiger charge is -2.07. The molecular weight excluding hydrogens is 227 g/mol. The minimum Gasteiger partial charge on any atom is -0.625 e. The summed E-state index contributed by atoms with van der Waals surface area (Å²) in [6.07, 6.45) is 0. The van der Waals surface area contributed by atoms with Crippen LogP contribution in [-0.4, -0.2) is 0 Å². The van der Waals surface area contributed by atoms with Gasteiger partial charge < -0.3 is 4.89 Å². The van der Waals surface area contributed by atoms with Gasteiger partial charge in [0.1, 0.15) is 0 Å². The van der Waals surface area contributed by atoms with E-state index in [1.54, 1.807) is 0 Å². The molecule has 0 saturated carbocycles. The Balaban J connectivity index is 2.59. The maximum absolute atomic E-state index is 12.5. The average molecular weight is 240 g/mol. The van der Waals surface area contributed by atoms with Gasteiger partial charge in [-0.15, -0.1) is 0 Å². The van der Waals surface area contributed by atoms with Crippen molar-refractivity contribution in [2.24, 2.45) is 0 Å². The third kappa shape index (κ3) is 1.55. The summed E-state index contributed by atoms with van der Waals surface area (Å²) in [6.45, 7) is 4.19. The van der Waals surface area contributed by atoms with Crippen molar-refractivity contribution in [1.82, 2.24) is 0 Å². The predicted octanol–water partition coefficient (Wildman–Crippen LogP) is 4.00. The van der Waals surface area contributed by atoms with E-state index < -0.39 is 7.76 Å². The van der Waals surface area contributed by atoms with Crippen molar-refractivity contribution in [3.63, 3.8) is 0 Å². The molecule has 0 radical (unpaired) electrons. The van der Waals surface area contributed by atoms with Crippen molar-refractivity contribution in [3.05, 3.63) is 53.6 Å². The van der Waals surface area contributed by atoms with Crippen molar-refractivity contribution in [2.75, 3.05) is 0 Å². The van der Waals surface area contributed by atoms with E-state index in [0.717, 1.165) is 21.0 Å². The highest BCUT2D eigenvalue weighted by atomic mass is 31.1. The van der Waals surface area contributed by atoms with Crippen LogP contribution in [0.25, 0.3) is 21.0 Å². The predicted molar refractivity (Wildman–Crippen MR) is 73.4 cm³/mol. The van der Waals surface area contributed by atoms with Gasteiger partial charge >= 0.3 is 0 Å². The van der Waals surface area contributed by atoms with Crippen LogP contribution < -0.4 is 4.89 Å². The van der Waals surface area contributed by atoms with Crippen LogP contribution in [0.3, 0.4) is 0 Å². The molecule has 1 aromatic heterocycles. The van der Waals surface area contributed by atoms with Gasteiger partial charge in [-0.05, 0) is 43.2 Å². The number of benzene rings is 2. The highest BCUT2D eigenvalue weighted by Gasteiger charge is 2.12. The Morgan fingerprint density at radius 2 is 1.71 bits per heavy atom. The van der Waals surface area contributed by atoms with Crippen LogP contribution in [0.1, 0.15) is 11.1 Å². The highest BCUT2D eigenvalue weighted by molar-refractivity contribution is 7.53. The molecule has 3 rings (SSSR count). The van der Waals surface area contributed by atoms with Crippen LogP contribution in [0, 0.1) is 13.8 Å². The molecule has 0 amide bonds. The SMILES string of the molecule is Cc1ccc2c(cc3ccccc3[p+]2[O-])c1C. The zero-order chi connectivity index (χ0) is 12.0. The summed E-state index contributed by atoms with van der Waals surface area (Å²) in [6, 6.07) is 14.2. The summed E-state index contributed by atoms with van der Waals surface area (Å²) in [7, 11) is -1.43. The van der Waals surface area contributed by atoms with E-state index in [9.17, 15) is 4.89 Å². The van der Waals surface area contributed by atoms with Crippen LogP contribution in [0.4, 0.5) is 0 Å². The molecular formula is C15H13OP. The van der Waals surface area contributed by atoms with Crippen molar-refractivity contribution in [3.8, 4) is 0 Å². The Bertz CT molecular complexity index is 732. The topological polar surface area (TPSA) is 23.1 Å². The molecule has 1 unspecified atom stereocenters. The maximum atomic E-state index is 12.5. The molecule has 2 aromatic carbocycles. The number of hydrogen-bond donors (Lipinski definition) is 0. The molecule has 84 valence electrons. The van der Waals surface area contributed by atoms with Crippen molar-refractivity contribution < 1.29 is 4.89 Å². The van der Waals surface area contributed by atoms with Crippen LogP contribution >= 0.6 is 7.76 Å². The first-order valence-electron chi connectivity index (χ1n) is 5.70. The second-order valence-electron chi connectivity index (χ2n) is 4.44. The van der Waals surface area contributed by atoms with Gasteiger partial charge in [-0.1, -0.05) is 24.3 Å². The molecule has 0 saturated heterocycles. The van der Waals surface area contributed by atoms with E-state index in [4.69, 9.17) is 0 Å². The van der Waals surface area contributed by atoms with Gasteiger partial charge in [0.2, 0.25) is 0 Å². The fraction of sp³-hybridized carbons (Fsp3) is 0.133. The number of hydrogen-bond acceptors (Lipinski definition) is 1. The minimum atomic E-state index is -1.43. The fourth-order valence-corrected chi connectivity index (χ4v) is 3.78. The van der Waals surface area contributed by atoms with Gasteiger partial charge in [0.25, 0.3) is 0 Å². The quantitative estimate of drug-likeness (QED) is 0.544. The van der Waals surface area contributed by atoms with Crippen LogP contribution in [0.5, 0.6) is 0 Å². The molecule has 1 nitrogen and oxygen atoms in total. The molecule has 0 bridgehead atoms. The molecule has 0 aliphatic heterocycles. The lowest BCUT2D eigenvalue weighted by Crippen LogP contribution is -1.90. The number of rotatable bonds is 0. The molecule has 0 fully saturated rings. The van der Waals surface area contributed by atoms with Crippen LogP contribution in [0.2, 0.25) is 0 Å². The summed E-state index contributed by atoms with van der Waals surface area (Å²) in [5.41, 5.74) is 2.49. The molecule has 0 aliphatic carbocycles. The van der Waals surface area contributed by atoms with Gasteiger partial charge in [0.05, 0.1) is 7.76 Å². The normalized spacial score (nSPS) is 12.3. The Hall–Kier alpha value is -1.43. The maximum Gasteiger partial charge on any atom is 0.153 e. The monoisotopic (exact) mass is 240 g/mol. The van der Waals surface area contributed by atoms with Crippen LogP contribution in [0.15, 0.2) is 42.5 Å². The van der Waals surface area contributed by atoms with E-state index in [1.807, 2.05) is 30.3 Å². The second-order valence-corrected chi connectivity index (χ2v) is 5.99. The Kier molecular flexibility index (Phi) is 2.39. The minimum absolute atomic E-state index is 0.957. The van der Waals surface area contributed by atoms with Crippen molar-refractivity contribution in [2.45, 2.75) is 13.8 Å². The van der Waals surface area contributed by atoms with Gasteiger partial charge in [-0.3, -0.25) is 0 Å². The number of fused-ring (bicyclic) bond motifs is 2. The van der Waals surface area contributed by atoms with E-state index in [1.165, 1.54) is 11.1 Å². The van der Waals surface area contributed by atoms with Crippen molar-refractivity contribution >= 4 is 28.8 Å². The second kappa shape index (κ2) is 3.80. The average Bonchev–Trinajstić information content (AvgIpc) is 2.35. The molecule has 2 heteroatoms. The Morgan fingerprint density at radius 1 is 0.941 bits per heavy atom. The zero-order valence-electron chi connectivity index (χ0n) is 9.90. The smallest absolute Gasteiger partial charge is 0.153 e.